The van der Waals surface area contributed by atoms with Crippen molar-refractivity contribution in [3.8, 4) is 0 Å². The van der Waals surface area contributed by atoms with Crippen LogP contribution in [0.3, 0.4) is 0 Å². The Bertz CT molecular complexity index is 626. The first kappa shape index (κ1) is 15.1. The number of rotatable bonds is 5. The number of halogens is 3. The molecule has 0 aliphatic heterocycles. The third-order valence-corrected chi connectivity index (χ3v) is 3.24. The van der Waals surface area contributed by atoms with Crippen molar-refractivity contribution < 1.29 is 23.1 Å². The van der Waals surface area contributed by atoms with Crippen LogP contribution in [0.25, 0.3) is 0 Å². The van der Waals surface area contributed by atoms with E-state index in [4.69, 9.17) is 5.11 Å². The number of aliphatic carboxylic acids is 1. The Morgan fingerprint density at radius 2 is 1.62 bits per heavy atom. The zero-order valence-corrected chi connectivity index (χ0v) is 11.0. The Labute approximate surface area is 119 Å². The summed E-state index contributed by atoms with van der Waals surface area (Å²) in [6.45, 7) is 0. The van der Waals surface area contributed by atoms with Crippen molar-refractivity contribution in [2.24, 2.45) is 0 Å². The number of hydrogen-bond acceptors (Lipinski definition) is 1. The van der Waals surface area contributed by atoms with Crippen LogP contribution >= 0.6 is 0 Å². The molecule has 21 heavy (non-hydrogen) atoms. The lowest BCUT2D eigenvalue weighted by atomic mass is 9.90. The summed E-state index contributed by atoms with van der Waals surface area (Å²) < 4.78 is 42.1. The number of hydrogen-bond donors (Lipinski definition) is 1. The van der Waals surface area contributed by atoms with Gasteiger partial charge in [-0.2, -0.15) is 0 Å². The number of benzene rings is 2. The molecule has 1 N–H and O–H groups in total. The molecule has 0 heterocycles. The second-order valence-corrected chi connectivity index (χ2v) is 4.69. The third-order valence-electron chi connectivity index (χ3n) is 3.24. The Hall–Kier alpha value is -2.30. The molecule has 0 aliphatic rings. The molecule has 0 radical (unpaired) electrons. The summed E-state index contributed by atoms with van der Waals surface area (Å²) in [5, 5.41) is 9.16. The van der Waals surface area contributed by atoms with Crippen molar-refractivity contribution in [2.75, 3.05) is 0 Å². The van der Waals surface area contributed by atoms with Gasteiger partial charge in [-0.3, -0.25) is 4.79 Å². The van der Waals surface area contributed by atoms with Gasteiger partial charge in [0.25, 0.3) is 5.92 Å². The van der Waals surface area contributed by atoms with E-state index in [0.29, 0.717) is 0 Å². The van der Waals surface area contributed by atoms with E-state index < -0.39 is 30.0 Å². The Kier molecular flexibility index (Phi) is 4.31. The first-order chi connectivity index (χ1) is 9.92. The number of carbonyl (C=O) groups is 1. The SMILES string of the molecule is O=C(O)C(CC(F)(F)c1ccccc1)c1ccccc1F. The number of alkyl halides is 2. The van der Waals surface area contributed by atoms with Crippen molar-refractivity contribution in [3.05, 3.63) is 71.5 Å². The lowest BCUT2D eigenvalue weighted by Gasteiger charge is -2.21. The van der Waals surface area contributed by atoms with Crippen LogP contribution in [0.1, 0.15) is 23.5 Å². The molecule has 0 fully saturated rings. The van der Waals surface area contributed by atoms with Crippen molar-refractivity contribution in [1.82, 2.24) is 0 Å². The quantitative estimate of drug-likeness (QED) is 0.898. The zero-order valence-electron chi connectivity index (χ0n) is 11.0. The molecule has 1 atom stereocenters. The molecule has 2 aromatic rings. The maximum absolute atomic E-state index is 14.2. The second-order valence-electron chi connectivity index (χ2n) is 4.69. The minimum atomic E-state index is -3.35. The van der Waals surface area contributed by atoms with Gasteiger partial charge in [-0.25, -0.2) is 13.2 Å². The molecule has 0 saturated heterocycles. The van der Waals surface area contributed by atoms with Gasteiger partial charge in [-0.15, -0.1) is 0 Å². The fourth-order valence-electron chi connectivity index (χ4n) is 2.14. The minimum Gasteiger partial charge on any atom is -0.481 e. The largest absolute Gasteiger partial charge is 0.481 e. The van der Waals surface area contributed by atoms with Crippen LogP contribution in [-0.4, -0.2) is 11.1 Å². The average Bonchev–Trinajstić information content (AvgIpc) is 2.46. The molecule has 0 aromatic heterocycles. The molecular weight excluding hydrogens is 281 g/mol. The lowest BCUT2D eigenvalue weighted by molar-refractivity contribution is -0.142. The Balaban J connectivity index is 2.33. The fourth-order valence-corrected chi connectivity index (χ4v) is 2.14. The van der Waals surface area contributed by atoms with Crippen molar-refractivity contribution in [2.45, 2.75) is 18.3 Å². The molecule has 110 valence electrons. The van der Waals surface area contributed by atoms with Gasteiger partial charge in [-0.05, 0) is 6.07 Å². The summed E-state index contributed by atoms with van der Waals surface area (Å²) in [5.74, 6) is -7.24. The minimum absolute atomic E-state index is 0.236. The molecule has 0 bridgehead atoms. The van der Waals surface area contributed by atoms with Gasteiger partial charge in [0.15, 0.2) is 0 Å². The van der Waals surface area contributed by atoms with E-state index in [1.165, 1.54) is 42.5 Å². The number of carboxylic acids is 1. The van der Waals surface area contributed by atoms with Gasteiger partial charge in [0.1, 0.15) is 5.82 Å². The second kappa shape index (κ2) is 5.99. The Morgan fingerprint density at radius 1 is 1.05 bits per heavy atom. The molecule has 5 heteroatoms. The van der Waals surface area contributed by atoms with E-state index in [0.717, 1.165) is 6.07 Å². The molecule has 2 nitrogen and oxygen atoms in total. The Morgan fingerprint density at radius 3 is 2.19 bits per heavy atom. The highest BCUT2D eigenvalue weighted by atomic mass is 19.3. The highest BCUT2D eigenvalue weighted by molar-refractivity contribution is 5.76. The summed E-state index contributed by atoms with van der Waals surface area (Å²) in [4.78, 5) is 11.3. The van der Waals surface area contributed by atoms with E-state index in [9.17, 15) is 18.0 Å². The van der Waals surface area contributed by atoms with Crippen molar-refractivity contribution in [3.63, 3.8) is 0 Å². The van der Waals surface area contributed by atoms with Crippen LogP contribution in [0.15, 0.2) is 54.6 Å². The standard InChI is InChI=1S/C16H13F3O2/c17-14-9-5-4-8-12(14)13(15(20)21)10-16(18,19)11-6-2-1-3-7-11/h1-9,13H,10H2,(H,20,21). The normalized spacial score (nSPS) is 12.9. The van der Waals surface area contributed by atoms with Crippen LogP contribution in [0.5, 0.6) is 0 Å². The van der Waals surface area contributed by atoms with E-state index in [1.54, 1.807) is 6.07 Å². The zero-order chi connectivity index (χ0) is 15.5. The van der Waals surface area contributed by atoms with Gasteiger partial charge in [-0.1, -0.05) is 48.5 Å². The van der Waals surface area contributed by atoms with E-state index >= 15 is 0 Å². The van der Waals surface area contributed by atoms with Crippen LogP contribution in [0.2, 0.25) is 0 Å². The van der Waals surface area contributed by atoms with Gasteiger partial charge in [0.2, 0.25) is 0 Å². The summed E-state index contributed by atoms with van der Waals surface area (Å²) >= 11 is 0. The van der Waals surface area contributed by atoms with Crippen LogP contribution in [0.4, 0.5) is 13.2 Å². The van der Waals surface area contributed by atoms with Crippen molar-refractivity contribution >= 4 is 5.97 Å². The molecule has 0 spiro atoms. The molecule has 0 saturated carbocycles. The van der Waals surface area contributed by atoms with Gasteiger partial charge in [0, 0.05) is 17.5 Å². The van der Waals surface area contributed by atoms with Gasteiger partial charge < -0.3 is 5.11 Å². The molecular formula is C16H13F3O2. The molecule has 0 amide bonds. The highest BCUT2D eigenvalue weighted by Crippen LogP contribution is 2.38. The summed E-state index contributed by atoms with van der Waals surface area (Å²) in [7, 11) is 0. The third kappa shape index (κ3) is 3.42. The van der Waals surface area contributed by atoms with E-state index in [-0.39, 0.29) is 11.1 Å². The predicted molar refractivity (Wildman–Crippen MR) is 71.7 cm³/mol. The van der Waals surface area contributed by atoms with Crippen molar-refractivity contribution in [1.29, 1.82) is 0 Å². The van der Waals surface area contributed by atoms with Gasteiger partial charge in [0.05, 0.1) is 5.92 Å². The maximum atomic E-state index is 14.2. The first-order valence-corrected chi connectivity index (χ1v) is 6.32. The monoisotopic (exact) mass is 294 g/mol. The topological polar surface area (TPSA) is 37.3 Å². The summed E-state index contributed by atoms with van der Waals surface area (Å²) in [5.41, 5.74) is -0.520. The maximum Gasteiger partial charge on any atom is 0.311 e. The summed E-state index contributed by atoms with van der Waals surface area (Å²) in [6, 6.07) is 12.0. The molecule has 2 rings (SSSR count). The number of carboxylic acid groups (broad SMARTS) is 1. The first-order valence-electron chi connectivity index (χ1n) is 6.32. The molecule has 1 unspecified atom stereocenters. The van der Waals surface area contributed by atoms with Crippen LogP contribution in [-0.2, 0) is 10.7 Å². The van der Waals surface area contributed by atoms with Crippen LogP contribution in [0, 0.1) is 5.82 Å². The predicted octanol–water partition coefficient (Wildman–Crippen LogP) is 4.18. The van der Waals surface area contributed by atoms with Gasteiger partial charge >= 0.3 is 5.97 Å². The molecule has 0 aliphatic carbocycles. The average molecular weight is 294 g/mol. The van der Waals surface area contributed by atoms with Crippen LogP contribution < -0.4 is 0 Å². The smallest absolute Gasteiger partial charge is 0.311 e. The summed E-state index contributed by atoms with van der Waals surface area (Å²) in [6.07, 6.45) is -0.993. The van der Waals surface area contributed by atoms with E-state index in [2.05, 4.69) is 0 Å². The van der Waals surface area contributed by atoms with E-state index in [1.807, 2.05) is 0 Å². The highest BCUT2D eigenvalue weighted by Gasteiger charge is 2.38. The lowest BCUT2D eigenvalue weighted by Crippen LogP contribution is -2.23. The fraction of sp³-hybridized carbons (Fsp3) is 0.188. The molecule has 2 aromatic carbocycles.